The Morgan fingerprint density at radius 2 is 2.00 bits per heavy atom. The first-order chi connectivity index (χ1) is 10.7. The number of hydrogen-bond acceptors (Lipinski definition) is 4. The number of anilines is 1. The summed E-state index contributed by atoms with van der Waals surface area (Å²) in [5.74, 6) is -1.22. The number of rotatable bonds is 4. The molecule has 23 heavy (non-hydrogen) atoms. The van der Waals surface area contributed by atoms with E-state index in [2.05, 4.69) is 0 Å². The fourth-order valence-electron chi connectivity index (χ4n) is 3.13. The van der Waals surface area contributed by atoms with E-state index in [4.69, 9.17) is 5.11 Å². The van der Waals surface area contributed by atoms with Crippen molar-refractivity contribution >= 4 is 27.6 Å². The lowest BCUT2D eigenvalue weighted by Gasteiger charge is -2.27. The largest absolute Gasteiger partial charge is 0.480 e. The number of benzene rings is 1. The molecule has 0 aliphatic carbocycles. The third kappa shape index (κ3) is 2.42. The summed E-state index contributed by atoms with van der Waals surface area (Å²) in [4.78, 5) is 24.9. The van der Waals surface area contributed by atoms with Gasteiger partial charge in [0.2, 0.25) is 15.9 Å². The van der Waals surface area contributed by atoms with E-state index in [0.29, 0.717) is 18.5 Å². The Hall–Kier alpha value is -1.93. The van der Waals surface area contributed by atoms with E-state index in [1.54, 1.807) is 11.0 Å². The van der Waals surface area contributed by atoms with Gasteiger partial charge < -0.3 is 10.0 Å². The van der Waals surface area contributed by atoms with Crippen LogP contribution in [0.4, 0.5) is 5.69 Å². The molecule has 0 fully saturated rings. The van der Waals surface area contributed by atoms with Crippen LogP contribution in [0, 0.1) is 0 Å². The van der Waals surface area contributed by atoms with Gasteiger partial charge in [0, 0.05) is 13.6 Å². The Balaban J connectivity index is 2.07. The number of carbonyl (C=O) groups excluding carboxylic acids is 1. The molecule has 124 valence electrons. The summed E-state index contributed by atoms with van der Waals surface area (Å²) in [5.41, 5.74) is 2.39. The van der Waals surface area contributed by atoms with Gasteiger partial charge in [-0.25, -0.2) is 8.42 Å². The Kier molecular flexibility index (Phi) is 3.68. The number of hydrogen-bond donors (Lipinski definition) is 1. The molecule has 3 rings (SSSR count). The lowest BCUT2D eigenvalue weighted by molar-refractivity contribution is -0.140. The molecule has 7 nitrogen and oxygen atoms in total. The van der Waals surface area contributed by atoms with Crippen LogP contribution in [0.1, 0.15) is 24.5 Å². The molecule has 2 heterocycles. The smallest absolute Gasteiger partial charge is 0.321 e. The van der Waals surface area contributed by atoms with Crippen molar-refractivity contribution in [2.24, 2.45) is 0 Å². The molecule has 1 atom stereocenters. The average Bonchev–Trinajstić information content (AvgIpc) is 2.83. The quantitative estimate of drug-likeness (QED) is 0.868. The Morgan fingerprint density at radius 3 is 2.65 bits per heavy atom. The zero-order chi connectivity index (χ0) is 16.9. The van der Waals surface area contributed by atoms with Crippen LogP contribution in [0.5, 0.6) is 0 Å². The number of nitrogens with zero attached hydrogens (tertiary/aromatic N) is 2. The topological polar surface area (TPSA) is 95.0 Å². The molecule has 1 amide bonds. The molecule has 2 aliphatic rings. The number of amides is 1. The monoisotopic (exact) mass is 338 g/mol. The Morgan fingerprint density at radius 1 is 1.35 bits per heavy atom. The summed E-state index contributed by atoms with van der Waals surface area (Å²) >= 11 is 0. The molecular formula is C15H18N2O5S. The number of aryl methyl sites for hydroxylation is 1. The van der Waals surface area contributed by atoms with Gasteiger partial charge in [0.05, 0.1) is 17.0 Å². The second-order valence-electron chi connectivity index (χ2n) is 5.95. The Labute approximate surface area is 134 Å². The highest BCUT2D eigenvalue weighted by Crippen LogP contribution is 2.39. The first-order valence-electron chi connectivity index (χ1n) is 7.40. The average molecular weight is 338 g/mol. The zero-order valence-corrected chi connectivity index (χ0v) is 13.8. The fourth-order valence-corrected chi connectivity index (χ4v) is 4.55. The van der Waals surface area contributed by atoms with E-state index in [1.807, 2.05) is 0 Å². The number of carbonyl (C=O) groups is 2. The molecule has 1 unspecified atom stereocenters. The molecule has 0 spiro atoms. The van der Waals surface area contributed by atoms with Crippen LogP contribution in [0.3, 0.4) is 0 Å². The van der Waals surface area contributed by atoms with Crippen molar-refractivity contribution in [2.45, 2.75) is 37.1 Å². The molecular weight excluding hydrogens is 320 g/mol. The summed E-state index contributed by atoms with van der Waals surface area (Å²) in [6, 6.07) is 1.91. The highest BCUT2D eigenvalue weighted by Gasteiger charge is 2.36. The maximum absolute atomic E-state index is 12.7. The maximum atomic E-state index is 12.7. The lowest BCUT2D eigenvalue weighted by atomic mass is 10.0. The number of carboxylic acids is 1. The van der Waals surface area contributed by atoms with Gasteiger partial charge in [-0.3, -0.25) is 9.59 Å². The minimum absolute atomic E-state index is 0.0113. The van der Waals surface area contributed by atoms with Crippen molar-refractivity contribution in [3.05, 3.63) is 23.3 Å². The minimum atomic E-state index is -3.93. The standard InChI is InChI=1S/C15H18N2O5S/c1-9(15(19)20)16(2)23(21,22)12-6-10-4-3-5-17-13(18)8-11(7-12)14(10)17/h6-7,9H,3-5,8H2,1-2H3,(H,19,20). The summed E-state index contributed by atoms with van der Waals surface area (Å²) in [6.07, 6.45) is 1.71. The third-order valence-electron chi connectivity index (χ3n) is 4.56. The normalized spacial score (nSPS) is 18.2. The van der Waals surface area contributed by atoms with E-state index < -0.39 is 22.0 Å². The zero-order valence-electron chi connectivity index (χ0n) is 12.9. The van der Waals surface area contributed by atoms with Crippen molar-refractivity contribution in [1.29, 1.82) is 0 Å². The summed E-state index contributed by atoms with van der Waals surface area (Å²) < 4.78 is 26.2. The molecule has 0 aromatic heterocycles. The molecule has 0 saturated carbocycles. The van der Waals surface area contributed by atoms with E-state index in [-0.39, 0.29) is 17.2 Å². The fraction of sp³-hybridized carbons (Fsp3) is 0.467. The van der Waals surface area contributed by atoms with Crippen LogP contribution in [-0.4, -0.2) is 49.3 Å². The highest BCUT2D eigenvalue weighted by atomic mass is 32.2. The van der Waals surface area contributed by atoms with Gasteiger partial charge in [-0.15, -0.1) is 0 Å². The van der Waals surface area contributed by atoms with Crippen molar-refractivity contribution in [1.82, 2.24) is 4.31 Å². The van der Waals surface area contributed by atoms with Gasteiger partial charge in [0.1, 0.15) is 6.04 Å². The third-order valence-corrected chi connectivity index (χ3v) is 6.47. The number of aliphatic carboxylic acids is 1. The molecule has 0 bridgehead atoms. The van der Waals surface area contributed by atoms with Crippen LogP contribution in [0.15, 0.2) is 17.0 Å². The first-order valence-corrected chi connectivity index (χ1v) is 8.84. The second-order valence-corrected chi connectivity index (χ2v) is 7.95. The molecule has 2 aliphatic heterocycles. The van der Waals surface area contributed by atoms with E-state index in [1.165, 1.54) is 20.0 Å². The van der Waals surface area contributed by atoms with Gasteiger partial charge in [0.15, 0.2) is 0 Å². The summed E-state index contributed by atoms with van der Waals surface area (Å²) in [5, 5.41) is 9.04. The summed E-state index contributed by atoms with van der Waals surface area (Å²) in [6.45, 7) is 1.99. The van der Waals surface area contributed by atoms with Crippen LogP contribution < -0.4 is 4.90 Å². The molecule has 1 aromatic carbocycles. The Bertz CT molecular complexity index is 802. The lowest BCUT2D eigenvalue weighted by Crippen LogP contribution is -2.40. The SMILES string of the molecule is CC(C(=O)O)N(C)S(=O)(=O)c1cc2c3c(c1)CC(=O)N3CCC2. The van der Waals surface area contributed by atoms with Crippen molar-refractivity contribution in [3.8, 4) is 0 Å². The van der Waals surface area contributed by atoms with Gasteiger partial charge in [0.25, 0.3) is 0 Å². The first kappa shape index (κ1) is 15.9. The predicted octanol–water partition coefficient (Wildman–Crippen LogP) is 0.616. The van der Waals surface area contributed by atoms with Gasteiger partial charge in [-0.05, 0) is 43.0 Å². The molecule has 1 aromatic rings. The van der Waals surface area contributed by atoms with Crippen LogP contribution in [0.2, 0.25) is 0 Å². The van der Waals surface area contributed by atoms with E-state index >= 15 is 0 Å². The number of likely N-dealkylation sites (N-methyl/N-ethyl adjacent to an activating group) is 1. The van der Waals surface area contributed by atoms with Crippen molar-refractivity contribution in [2.75, 3.05) is 18.5 Å². The van der Waals surface area contributed by atoms with Crippen molar-refractivity contribution < 1.29 is 23.1 Å². The van der Waals surface area contributed by atoms with Gasteiger partial charge in [-0.2, -0.15) is 4.31 Å². The van der Waals surface area contributed by atoms with Gasteiger partial charge >= 0.3 is 5.97 Å². The van der Waals surface area contributed by atoms with E-state index in [0.717, 1.165) is 22.0 Å². The van der Waals surface area contributed by atoms with Crippen LogP contribution in [0.25, 0.3) is 0 Å². The molecule has 0 radical (unpaired) electrons. The summed E-state index contributed by atoms with van der Waals surface area (Å²) in [7, 11) is -2.67. The molecule has 8 heteroatoms. The second kappa shape index (κ2) is 5.31. The minimum Gasteiger partial charge on any atom is -0.480 e. The number of carboxylic acid groups (broad SMARTS) is 1. The van der Waals surface area contributed by atoms with Gasteiger partial charge in [-0.1, -0.05) is 0 Å². The predicted molar refractivity (Wildman–Crippen MR) is 82.9 cm³/mol. The molecule has 1 N–H and O–H groups in total. The number of sulfonamides is 1. The maximum Gasteiger partial charge on any atom is 0.321 e. The van der Waals surface area contributed by atoms with Crippen LogP contribution in [-0.2, 0) is 32.5 Å². The van der Waals surface area contributed by atoms with Crippen molar-refractivity contribution in [3.63, 3.8) is 0 Å². The van der Waals surface area contributed by atoms with E-state index in [9.17, 15) is 18.0 Å². The van der Waals surface area contributed by atoms with Crippen LogP contribution >= 0.6 is 0 Å². The highest BCUT2D eigenvalue weighted by molar-refractivity contribution is 7.89. The molecule has 0 saturated heterocycles.